The molecule has 6 nitrogen and oxygen atoms in total. The first-order valence-electron chi connectivity index (χ1n) is 18.2. The van der Waals surface area contributed by atoms with Crippen molar-refractivity contribution in [3.05, 3.63) is 120 Å². The molecular formula is C43H54F2N6. The molecule has 3 atom stereocenters. The Morgan fingerprint density at radius 1 is 1.06 bits per heavy atom. The molecule has 1 saturated heterocycles. The second-order valence-corrected chi connectivity index (χ2v) is 14.7. The predicted molar refractivity (Wildman–Crippen MR) is 209 cm³/mol. The molecule has 0 spiro atoms. The van der Waals surface area contributed by atoms with Gasteiger partial charge in [-0.3, -0.25) is 14.9 Å². The molecule has 0 aliphatic carbocycles. The molecule has 2 aromatic heterocycles. The average Bonchev–Trinajstić information content (AvgIpc) is 3.10. The van der Waals surface area contributed by atoms with Gasteiger partial charge in [-0.25, -0.2) is 13.8 Å². The first-order chi connectivity index (χ1) is 24.3. The van der Waals surface area contributed by atoms with Gasteiger partial charge in [-0.2, -0.15) is 0 Å². The van der Waals surface area contributed by atoms with Gasteiger partial charge < -0.3 is 9.80 Å². The highest BCUT2D eigenvalue weighted by Gasteiger charge is 2.35. The number of aryl methyl sites for hydroxylation is 1. The normalized spacial score (nSPS) is 19.6. The fourth-order valence-corrected chi connectivity index (χ4v) is 7.58. The number of rotatable bonds is 8. The van der Waals surface area contributed by atoms with E-state index in [4.69, 9.17) is 15.0 Å². The van der Waals surface area contributed by atoms with Gasteiger partial charge in [0.15, 0.2) is 0 Å². The van der Waals surface area contributed by atoms with Gasteiger partial charge >= 0.3 is 0 Å². The van der Waals surface area contributed by atoms with Crippen molar-refractivity contribution in [3.8, 4) is 11.3 Å². The third-order valence-corrected chi connectivity index (χ3v) is 10.7. The standard InChI is InChI=1S/C43H54F2N6/c1-12-30(9)49-21-22-51(31(10)25-49)42(46-11)35-24-37(45)40-38-32(15-14-16-36(38)44)18-17-28(7)34(23-29(8)26(3)4)33-19-20-47-39(27(5)6)41(33)50(13-2)43(35)48-40/h12-16,19-20,24,26-28,31,34H,1-2,8-9,17-18,21-23,25H2,3-7,10-11H3. The topological polar surface area (TPSA) is 47.9 Å². The van der Waals surface area contributed by atoms with Gasteiger partial charge in [0.05, 0.1) is 16.9 Å². The highest BCUT2D eigenvalue weighted by molar-refractivity contribution is 6.04. The van der Waals surface area contributed by atoms with Crippen LogP contribution in [0.3, 0.4) is 0 Å². The summed E-state index contributed by atoms with van der Waals surface area (Å²) in [5.74, 6) is 0.515. The molecule has 3 aromatic rings. The zero-order chi connectivity index (χ0) is 37.1. The van der Waals surface area contributed by atoms with Crippen LogP contribution in [0.5, 0.6) is 0 Å². The average molecular weight is 693 g/mol. The van der Waals surface area contributed by atoms with Crippen LogP contribution in [0.25, 0.3) is 11.3 Å². The summed E-state index contributed by atoms with van der Waals surface area (Å²) in [5.41, 5.74) is 6.28. The fourth-order valence-electron chi connectivity index (χ4n) is 7.58. The van der Waals surface area contributed by atoms with Crippen LogP contribution in [0.4, 0.5) is 20.3 Å². The number of anilines is 2. The van der Waals surface area contributed by atoms with Crippen molar-refractivity contribution in [2.75, 3.05) is 31.6 Å². The first-order valence-corrected chi connectivity index (χ1v) is 18.2. The second kappa shape index (κ2) is 15.7. The smallest absolute Gasteiger partial charge is 0.150 e. The molecule has 2 aliphatic heterocycles. The zero-order valence-corrected chi connectivity index (χ0v) is 31.5. The molecule has 8 heteroatoms. The molecule has 0 saturated carbocycles. The summed E-state index contributed by atoms with van der Waals surface area (Å²) in [6, 6.07) is 8.58. The number of aromatic nitrogens is 2. The number of benzene rings is 1. The Bertz CT molecular complexity index is 1840. The van der Waals surface area contributed by atoms with E-state index < -0.39 is 11.6 Å². The van der Waals surface area contributed by atoms with Crippen LogP contribution < -0.4 is 4.90 Å². The van der Waals surface area contributed by atoms with E-state index in [-0.39, 0.29) is 35.1 Å². The minimum atomic E-state index is -0.608. The van der Waals surface area contributed by atoms with Crippen LogP contribution in [0.1, 0.15) is 88.6 Å². The van der Waals surface area contributed by atoms with Crippen LogP contribution in [0, 0.1) is 23.5 Å². The predicted octanol–water partition coefficient (Wildman–Crippen LogP) is 10.2. The van der Waals surface area contributed by atoms with Gasteiger partial charge in [-0.05, 0) is 85.3 Å². The van der Waals surface area contributed by atoms with Gasteiger partial charge in [0.1, 0.15) is 29.0 Å². The maximum Gasteiger partial charge on any atom is 0.150 e. The highest BCUT2D eigenvalue weighted by atomic mass is 19.1. The molecule has 270 valence electrons. The van der Waals surface area contributed by atoms with Gasteiger partial charge in [0.25, 0.3) is 0 Å². The number of nitrogens with zero attached hydrogens (tertiary/aromatic N) is 6. The number of hydrogen-bond acceptors (Lipinski definition) is 5. The number of aliphatic imine (C=N–C) groups is 1. The zero-order valence-electron chi connectivity index (χ0n) is 31.5. The maximum atomic E-state index is 16.7. The van der Waals surface area contributed by atoms with Gasteiger partial charge in [0.2, 0.25) is 0 Å². The fraction of sp³-hybridized carbons (Fsp3) is 0.419. The van der Waals surface area contributed by atoms with Gasteiger partial charge in [0, 0.05) is 56.4 Å². The lowest BCUT2D eigenvalue weighted by atomic mass is 9.77. The Morgan fingerprint density at radius 2 is 1.80 bits per heavy atom. The van der Waals surface area contributed by atoms with Crippen molar-refractivity contribution in [3.63, 3.8) is 0 Å². The number of amidine groups is 1. The first kappa shape index (κ1) is 37.7. The van der Waals surface area contributed by atoms with E-state index in [1.54, 1.807) is 25.4 Å². The van der Waals surface area contributed by atoms with Gasteiger partial charge in [-0.15, -0.1) is 0 Å². The van der Waals surface area contributed by atoms with E-state index in [0.717, 1.165) is 41.0 Å². The van der Waals surface area contributed by atoms with Crippen LogP contribution >= 0.6 is 0 Å². The summed E-state index contributed by atoms with van der Waals surface area (Å²) in [4.78, 5) is 21.2. The van der Waals surface area contributed by atoms with Crippen LogP contribution in [0.15, 0.2) is 91.4 Å². The summed E-state index contributed by atoms with van der Waals surface area (Å²) in [5, 5.41) is 0. The largest absolute Gasteiger partial charge is 0.368 e. The van der Waals surface area contributed by atoms with E-state index in [1.807, 2.05) is 17.2 Å². The molecule has 0 amide bonds. The monoisotopic (exact) mass is 692 g/mol. The quantitative estimate of drug-likeness (QED) is 0.102. The number of hydrogen-bond donors (Lipinski definition) is 0. The van der Waals surface area contributed by atoms with Crippen molar-refractivity contribution in [2.45, 2.75) is 78.7 Å². The molecule has 2 aliphatic rings. The lowest BCUT2D eigenvalue weighted by molar-refractivity contribution is 0.171. The summed E-state index contributed by atoms with van der Waals surface area (Å²) in [7, 11) is 1.72. The van der Waals surface area contributed by atoms with E-state index in [2.05, 4.69) is 83.7 Å². The third kappa shape index (κ3) is 7.42. The van der Waals surface area contributed by atoms with Gasteiger partial charge in [-0.1, -0.05) is 78.6 Å². The lowest BCUT2D eigenvalue weighted by Gasteiger charge is -2.43. The summed E-state index contributed by atoms with van der Waals surface area (Å²) < 4.78 is 32.7. The SMILES string of the molecule is C=CC(=C)N1CCN(C(=NC)c2cc(F)c3nc2N(C=C)c2c(ccnc2C(C)C)C(CC(=C)C(C)C)C(C)CCc2cccc(F)c2-3)C(C)C1. The Kier molecular flexibility index (Phi) is 11.6. The number of piperazine rings is 1. The molecule has 1 aromatic carbocycles. The molecule has 51 heavy (non-hydrogen) atoms. The van der Waals surface area contributed by atoms with Crippen molar-refractivity contribution in [1.29, 1.82) is 0 Å². The Morgan fingerprint density at radius 3 is 2.43 bits per heavy atom. The minimum absolute atomic E-state index is 0.0122. The van der Waals surface area contributed by atoms with E-state index >= 15 is 8.78 Å². The highest BCUT2D eigenvalue weighted by Crippen LogP contribution is 2.46. The summed E-state index contributed by atoms with van der Waals surface area (Å²) in [6.45, 7) is 31.9. The van der Waals surface area contributed by atoms with E-state index in [9.17, 15) is 0 Å². The summed E-state index contributed by atoms with van der Waals surface area (Å²) >= 11 is 0. The van der Waals surface area contributed by atoms with E-state index in [1.165, 1.54) is 17.7 Å². The number of fused-ring (bicyclic) bond motifs is 5. The molecular weight excluding hydrogens is 639 g/mol. The maximum absolute atomic E-state index is 16.7. The van der Waals surface area contributed by atoms with Crippen molar-refractivity contribution >= 4 is 17.3 Å². The Balaban J connectivity index is 1.84. The second-order valence-electron chi connectivity index (χ2n) is 14.7. The van der Waals surface area contributed by atoms with Crippen LogP contribution in [-0.2, 0) is 6.42 Å². The van der Waals surface area contributed by atoms with Crippen molar-refractivity contribution < 1.29 is 8.78 Å². The molecule has 3 unspecified atom stereocenters. The number of allylic oxidation sites excluding steroid dienone is 2. The summed E-state index contributed by atoms with van der Waals surface area (Å²) in [6.07, 6.45) is 7.51. The van der Waals surface area contributed by atoms with Crippen molar-refractivity contribution in [2.24, 2.45) is 16.8 Å². The van der Waals surface area contributed by atoms with Crippen LogP contribution in [0.2, 0.25) is 0 Å². The Hall–Kier alpha value is -4.59. The molecule has 1 fully saturated rings. The molecule has 2 bridgehead atoms. The third-order valence-electron chi connectivity index (χ3n) is 10.7. The lowest BCUT2D eigenvalue weighted by Crippen LogP contribution is -2.53. The van der Waals surface area contributed by atoms with Crippen molar-refractivity contribution in [1.82, 2.24) is 19.8 Å². The number of halogens is 2. The minimum Gasteiger partial charge on any atom is -0.368 e. The van der Waals surface area contributed by atoms with Crippen LogP contribution in [-0.4, -0.2) is 58.3 Å². The molecule has 4 heterocycles. The molecule has 5 rings (SSSR count). The molecule has 0 radical (unpaired) electrons. The molecule has 0 N–H and O–H groups in total. The number of pyridine rings is 2. The van der Waals surface area contributed by atoms with E-state index in [0.29, 0.717) is 49.2 Å². The Labute approximate surface area is 304 Å².